The van der Waals surface area contributed by atoms with Crippen LogP contribution in [-0.4, -0.2) is 13.2 Å². The number of rotatable bonds is 3. The van der Waals surface area contributed by atoms with Gasteiger partial charge in [-0.1, -0.05) is 11.6 Å². The number of carbonyl (C=O) groups excluding carboxylic acids is 1. The highest BCUT2D eigenvalue weighted by molar-refractivity contribution is 6.31. The van der Waals surface area contributed by atoms with Gasteiger partial charge in [0.25, 0.3) is 0 Å². The zero-order valence-corrected chi connectivity index (χ0v) is 9.97. The Morgan fingerprint density at radius 3 is 2.69 bits per heavy atom. The molecule has 2 rings (SSSR count). The first-order valence-corrected chi connectivity index (χ1v) is 5.44. The highest BCUT2D eigenvalue weighted by Crippen LogP contribution is 2.51. The van der Waals surface area contributed by atoms with Crippen molar-refractivity contribution >= 4 is 17.7 Å². The van der Waals surface area contributed by atoms with Gasteiger partial charge < -0.3 is 4.74 Å². The molecular formula is C12H12ClNO2. The van der Waals surface area contributed by atoms with Crippen molar-refractivity contribution in [1.82, 2.24) is 0 Å². The van der Waals surface area contributed by atoms with E-state index in [4.69, 9.17) is 16.3 Å². The molecule has 16 heavy (non-hydrogen) atoms. The first kappa shape index (κ1) is 11.2. The first-order chi connectivity index (χ1) is 7.63. The van der Waals surface area contributed by atoms with Gasteiger partial charge in [-0.25, -0.2) is 4.79 Å². The van der Waals surface area contributed by atoms with Gasteiger partial charge in [0.05, 0.1) is 12.6 Å². The Kier molecular flexibility index (Phi) is 2.75. The lowest BCUT2D eigenvalue weighted by molar-refractivity contribution is 0.413. The van der Waals surface area contributed by atoms with Gasteiger partial charge in [0, 0.05) is 5.02 Å². The van der Waals surface area contributed by atoms with E-state index in [0.717, 1.165) is 24.0 Å². The molecule has 0 bridgehead atoms. The predicted octanol–water partition coefficient (Wildman–Crippen LogP) is 2.98. The first-order valence-electron chi connectivity index (χ1n) is 5.06. The summed E-state index contributed by atoms with van der Waals surface area (Å²) in [6.07, 6.45) is 3.38. The van der Waals surface area contributed by atoms with Crippen LogP contribution in [0, 0.1) is 6.92 Å². The van der Waals surface area contributed by atoms with E-state index in [1.165, 1.54) is 0 Å². The van der Waals surface area contributed by atoms with E-state index in [9.17, 15) is 4.79 Å². The molecule has 0 N–H and O–H groups in total. The minimum absolute atomic E-state index is 0.399. The number of methoxy groups -OCH3 is 1. The topological polar surface area (TPSA) is 38.7 Å². The van der Waals surface area contributed by atoms with Gasteiger partial charge in [-0.05, 0) is 43.0 Å². The molecule has 4 heteroatoms. The van der Waals surface area contributed by atoms with Crippen molar-refractivity contribution in [2.24, 2.45) is 4.99 Å². The van der Waals surface area contributed by atoms with Crippen molar-refractivity contribution in [3.63, 3.8) is 0 Å². The minimum atomic E-state index is -0.399. The number of hydrogen-bond acceptors (Lipinski definition) is 3. The van der Waals surface area contributed by atoms with Crippen LogP contribution in [0.3, 0.4) is 0 Å². The third-order valence-electron chi connectivity index (χ3n) is 3.04. The lowest BCUT2D eigenvalue weighted by Crippen LogP contribution is -2.06. The van der Waals surface area contributed by atoms with Gasteiger partial charge >= 0.3 is 0 Å². The fraction of sp³-hybridized carbons (Fsp3) is 0.417. The molecule has 84 valence electrons. The van der Waals surface area contributed by atoms with Crippen LogP contribution in [0.4, 0.5) is 0 Å². The Morgan fingerprint density at radius 1 is 1.50 bits per heavy atom. The maximum absolute atomic E-state index is 10.4. The van der Waals surface area contributed by atoms with E-state index in [1.807, 2.05) is 13.0 Å². The normalized spacial score (nSPS) is 16.4. The van der Waals surface area contributed by atoms with Gasteiger partial charge in [-0.2, -0.15) is 4.99 Å². The second-order valence-corrected chi connectivity index (χ2v) is 4.42. The highest BCUT2D eigenvalue weighted by atomic mass is 35.5. The van der Waals surface area contributed by atoms with E-state index in [1.54, 1.807) is 19.3 Å². The summed E-state index contributed by atoms with van der Waals surface area (Å²) < 4.78 is 5.17. The monoisotopic (exact) mass is 237 g/mol. The molecule has 0 radical (unpaired) electrons. The zero-order chi connectivity index (χ0) is 11.8. The molecular weight excluding hydrogens is 226 g/mol. The maximum Gasteiger partial charge on any atom is 0.235 e. The fourth-order valence-corrected chi connectivity index (χ4v) is 2.11. The second-order valence-electron chi connectivity index (χ2n) is 4.02. The Labute approximate surface area is 99.1 Å². The van der Waals surface area contributed by atoms with Crippen LogP contribution < -0.4 is 4.74 Å². The third kappa shape index (κ3) is 1.73. The van der Waals surface area contributed by atoms with E-state index in [2.05, 4.69) is 4.99 Å². The second kappa shape index (κ2) is 3.93. The number of nitrogens with zero attached hydrogens (tertiary/aromatic N) is 1. The predicted molar refractivity (Wildman–Crippen MR) is 61.8 cm³/mol. The molecule has 0 heterocycles. The molecule has 0 saturated heterocycles. The summed E-state index contributed by atoms with van der Waals surface area (Å²) in [5.41, 5.74) is 1.53. The summed E-state index contributed by atoms with van der Waals surface area (Å²) in [4.78, 5) is 14.3. The Balaban J connectivity index is 2.55. The van der Waals surface area contributed by atoms with Crippen LogP contribution in [-0.2, 0) is 10.3 Å². The Hall–Kier alpha value is -1.31. The average Bonchev–Trinajstić information content (AvgIpc) is 3.03. The van der Waals surface area contributed by atoms with E-state index >= 15 is 0 Å². The van der Waals surface area contributed by atoms with Crippen molar-refractivity contribution < 1.29 is 9.53 Å². The van der Waals surface area contributed by atoms with E-state index in [-0.39, 0.29) is 0 Å². The number of hydrogen-bond donors (Lipinski definition) is 0. The van der Waals surface area contributed by atoms with Crippen LogP contribution in [0.1, 0.15) is 24.0 Å². The van der Waals surface area contributed by atoms with Crippen molar-refractivity contribution in [3.8, 4) is 5.75 Å². The third-order valence-corrected chi connectivity index (χ3v) is 3.43. The van der Waals surface area contributed by atoms with Crippen LogP contribution in [0.15, 0.2) is 17.1 Å². The molecule has 1 aromatic rings. The van der Waals surface area contributed by atoms with E-state index in [0.29, 0.717) is 10.8 Å². The summed E-state index contributed by atoms with van der Waals surface area (Å²) in [5, 5.41) is 0.640. The molecule has 1 aliphatic rings. The van der Waals surface area contributed by atoms with Gasteiger partial charge in [0.15, 0.2) is 0 Å². The number of halogens is 1. The maximum atomic E-state index is 10.4. The summed E-state index contributed by atoms with van der Waals surface area (Å²) in [6, 6.07) is 3.66. The van der Waals surface area contributed by atoms with Crippen LogP contribution >= 0.6 is 11.6 Å². The average molecular weight is 238 g/mol. The van der Waals surface area contributed by atoms with Crippen molar-refractivity contribution in [2.75, 3.05) is 7.11 Å². The lowest BCUT2D eigenvalue weighted by atomic mass is 9.99. The Bertz CT molecular complexity index is 474. The van der Waals surface area contributed by atoms with Gasteiger partial charge in [0.2, 0.25) is 6.08 Å². The lowest BCUT2D eigenvalue weighted by Gasteiger charge is -2.14. The van der Waals surface area contributed by atoms with Gasteiger partial charge in [-0.3, -0.25) is 0 Å². The van der Waals surface area contributed by atoms with Crippen molar-refractivity contribution in [3.05, 3.63) is 28.3 Å². The summed E-state index contributed by atoms with van der Waals surface area (Å²) in [5.74, 6) is 0.693. The zero-order valence-electron chi connectivity index (χ0n) is 9.21. The summed E-state index contributed by atoms with van der Waals surface area (Å²) >= 11 is 6.11. The standard InChI is InChI=1S/C12H12ClNO2/c1-8-10(12(3-4-12)14-7-15)5-9(16-2)6-11(8)13/h5-6H,3-4H2,1-2H3. The molecule has 1 aliphatic carbocycles. The Morgan fingerprint density at radius 2 is 2.19 bits per heavy atom. The molecule has 0 amide bonds. The number of isocyanates is 1. The molecule has 0 aromatic heterocycles. The van der Waals surface area contributed by atoms with Crippen LogP contribution in [0.2, 0.25) is 5.02 Å². The SMILES string of the molecule is COc1cc(Cl)c(C)c(C2(N=C=O)CC2)c1. The largest absolute Gasteiger partial charge is 0.497 e. The minimum Gasteiger partial charge on any atom is -0.497 e. The molecule has 0 atom stereocenters. The molecule has 1 fully saturated rings. The van der Waals surface area contributed by atoms with E-state index < -0.39 is 5.54 Å². The number of aliphatic imine (C=N–C) groups is 1. The molecule has 1 aromatic carbocycles. The van der Waals surface area contributed by atoms with Crippen molar-refractivity contribution in [2.45, 2.75) is 25.3 Å². The van der Waals surface area contributed by atoms with Gasteiger partial charge in [0.1, 0.15) is 5.75 Å². The van der Waals surface area contributed by atoms with Crippen LogP contribution in [0.25, 0.3) is 0 Å². The summed E-state index contributed by atoms with van der Waals surface area (Å²) in [7, 11) is 1.59. The summed E-state index contributed by atoms with van der Waals surface area (Å²) in [6.45, 7) is 1.93. The molecule has 1 saturated carbocycles. The highest BCUT2D eigenvalue weighted by Gasteiger charge is 2.46. The quantitative estimate of drug-likeness (QED) is 0.599. The molecule has 3 nitrogen and oxygen atoms in total. The number of benzene rings is 1. The van der Waals surface area contributed by atoms with Crippen molar-refractivity contribution in [1.29, 1.82) is 0 Å². The molecule has 0 unspecified atom stereocenters. The fourth-order valence-electron chi connectivity index (χ4n) is 1.90. The number of ether oxygens (including phenoxy) is 1. The molecule has 0 aliphatic heterocycles. The van der Waals surface area contributed by atoms with Crippen LogP contribution in [0.5, 0.6) is 5.75 Å². The molecule has 0 spiro atoms. The smallest absolute Gasteiger partial charge is 0.235 e. The van der Waals surface area contributed by atoms with Gasteiger partial charge in [-0.15, -0.1) is 0 Å².